The predicted octanol–water partition coefficient (Wildman–Crippen LogP) is 2.59. The molecule has 0 aliphatic rings. The van der Waals surface area contributed by atoms with Crippen LogP contribution < -0.4 is 5.32 Å². The van der Waals surface area contributed by atoms with Gasteiger partial charge in [-0.25, -0.2) is 0 Å². The van der Waals surface area contributed by atoms with Crippen LogP contribution in [0.25, 0.3) is 0 Å². The van der Waals surface area contributed by atoms with Crippen molar-refractivity contribution in [3.05, 3.63) is 5.01 Å². The molecule has 0 spiro atoms. The van der Waals surface area contributed by atoms with E-state index in [0.717, 1.165) is 11.3 Å². The molecule has 1 aromatic rings. The van der Waals surface area contributed by atoms with Crippen molar-refractivity contribution in [3.8, 4) is 0 Å². The van der Waals surface area contributed by atoms with Gasteiger partial charge in [-0.3, -0.25) is 0 Å². The highest BCUT2D eigenvalue weighted by Crippen LogP contribution is 2.36. The van der Waals surface area contributed by atoms with Gasteiger partial charge in [0.05, 0.1) is 0 Å². The van der Waals surface area contributed by atoms with E-state index < -0.39 is 25.1 Å². The van der Waals surface area contributed by atoms with Crippen LogP contribution in [0.2, 0.25) is 0 Å². The number of anilines is 1. The summed E-state index contributed by atoms with van der Waals surface area (Å²) in [6.07, 6.45) is -14.9. The van der Waals surface area contributed by atoms with Crippen molar-refractivity contribution in [1.29, 1.82) is 0 Å². The number of alkyl halides is 6. The molecule has 0 aliphatic heterocycles. The minimum Gasteiger partial charge on any atom is -0.363 e. The second-order valence-corrected chi connectivity index (χ2v) is 4.09. The van der Waals surface area contributed by atoms with E-state index in [1.165, 1.54) is 7.05 Å². The van der Waals surface area contributed by atoms with E-state index in [9.17, 15) is 26.3 Å². The Labute approximate surface area is 101 Å². The lowest BCUT2D eigenvalue weighted by Crippen LogP contribution is -2.44. The number of aromatic nitrogens is 2. The monoisotopic (exact) mass is 295 g/mol. The van der Waals surface area contributed by atoms with Gasteiger partial charge in [0.2, 0.25) is 11.2 Å². The van der Waals surface area contributed by atoms with Crippen LogP contribution in [0, 0.1) is 0 Å². The number of hydrogen-bond donors (Lipinski definition) is 1. The second-order valence-electron chi connectivity index (χ2n) is 3.03. The largest absolute Gasteiger partial charge is 0.423 e. The van der Waals surface area contributed by atoms with Crippen molar-refractivity contribution in [2.45, 2.75) is 25.1 Å². The molecule has 1 N–H and O–H groups in total. The van der Waals surface area contributed by atoms with E-state index >= 15 is 0 Å². The zero-order chi connectivity index (χ0) is 14.0. The van der Waals surface area contributed by atoms with Crippen molar-refractivity contribution in [1.82, 2.24) is 10.2 Å². The van der Waals surface area contributed by atoms with Crippen molar-refractivity contribution in [2.24, 2.45) is 0 Å². The maximum Gasteiger partial charge on any atom is 0.423 e. The maximum absolute atomic E-state index is 12.1. The predicted molar refractivity (Wildman–Crippen MR) is 50.1 cm³/mol. The van der Waals surface area contributed by atoms with E-state index in [-0.39, 0.29) is 10.1 Å². The molecule has 4 nitrogen and oxygen atoms in total. The van der Waals surface area contributed by atoms with Gasteiger partial charge in [0, 0.05) is 7.05 Å². The van der Waals surface area contributed by atoms with Crippen LogP contribution >= 0.6 is 11.3 Å². The molecular weight excluding hydrogens is 288 g/mol. The Balaban J connectivity index is 2.68. The molecule has 0 fully saturated rings. The number of halogens is 6. The standard InChI is InChI=1S/C7H7F6N3OS/c1-14-5-16-15-3(18-5)2-17-4(6(8,9)10)7(11,12)13/h4H,2H2,1H3,(H,14,16). The number of ether oxygens (including phenoxy) is 1. The molecule has 1 rings (SSSR count). The third kappa shape index (κ3) is 3.98. The molecule has 0 unspecified atom stereocenters. The van der Waals surface area contributed by atoms with Gasteiger partial charge < -0.3 is 10.1 Å². The fraction of sp³-hybridized carbons (Fsp3) is 0.714. The summed E-state index contributed by atoms with van der Waals surface area (Å²) in [7, 11) is 1.49. The fourth-order valence-electron chi connectivity index (χ4n) is 0.942. The highest BCUT2D eigenvalue weighted by Gasteiger charge is 2.58. The molecule has 1 aromatic heterocycles. The zero-order valence-electron chi connectivity index (χ0n) is 8.76. The Kier molecular flexibility index (Phi) is 4.37. The molecule has 0 aliphatic carbocycles. The van der Waals surface area contributed by atoms with Crippen molar-refractivity contribution in [3.63, 3.8) is 0 Å². The first-order valence-electron chi connectivity index (χ1n) is 4.39. The van der Waals surface area contributed by atoms with Gasteiger partial charge in [0.1, 0.15) is 11.6 Å². The summed E-state index contributed by atoms with van der Waals surface area (Å²) in [4.78, 5) is 0. The van der Waals surface area contributed by atoms with Gasteiger partial charge in [-0.05, 0) is 0 Å². The topological polar surface area (TPSA) is 47.0 Å². The van der Waals surface area contributed by atoms with Gasteiger partial charge in [-0.1, -0.05) is 11.3 Å². The summed E-state index contributed by atoms with van der Waals surface area (Å²) < 4.78 is 76.4. The summed E-state index contributed by atoms with van der Waals surface area (Å²) >= 11 is 0.803. The van der Waals surface area contributed by atoms with Crippen LogP contribution in [0.4, 0.5) is 31.5 Å². The second kappa shape index (κ2) is 5.26. The minimum absolute atomic E-state index is 0.0853. The van der Waals surface area contributed by atoms with E-state index in [1.54, 1.807) is 0 Å². The molecular formula is C7H7F6N3OS. The van der Waals surface area contributed by atoms with Crippen LogP contribution in [0.3, 0.4) is 0 Å². The van der Waals surface area contributed by atoms with Gasteiger partial charge in [0.25, 0.3) is 0 Å². The molecule has 0 saturated heterocycles. The van der Waals surface area contributed by atoms with E-state index in [2.05, 4.69) is 20.3 Å². The summed E-state index contributed by atoms with van der Waals surface area (Å²) in [5.41, 5.74) is 0. The Hall–Kier alpha value is -1.10. The number of nitrogens with zero attached hydrogens (tertiary/aromatic N) is 2. The number of hydrogen-bond acceptors (Lipinski definition) is 5. The Morgan fingerprint density at radius 2 is 1.72 bits per heavy atom. The molecule has 0 aromatic carbocycles. The smallest absolute Gasteiger partial charge is 0.363 e. The van der Waals surface area contributed by atoms with E-state index in [4.69, 9.17) is 0 Å². The molecule has 104 valence electrons. The summed E-state index contributed by atoms with van der Waals surface area (Å²) in [6.45, 7) is -0.914. The SMILES string of the molecule is CNc1nnc(COC(C(F)(F)F)C(F)(F)F)s1. The van der Waals surface area contributed by atoms with Gasteiger partial charge >= 0.3 is 12.4 Å². The Morgan fingerprint density at radius 3 is 2.11 bits per heavy atom. The van der Waals surface area contributed by atoms with E-state index in [0.29, 0.717) is 0 Å². The summed E-state index contributed by atoms with van der Waals surface area (Å²) in [5.74, 6) is 0. The Morgan fingerprint density at radius 1 is 1.17 bits per heavy atom. The fourth-order valence-corrected chi connectivity index (χ4v) is 1.56. The number of nitrogens with one attached hydrogen (secondary N) is 1. The third-order valence-electron chi connectivity index (χ3n) is 1.65. The minimum atomic E-state index is -5.52. The average molecular weight is 295 g/mol. The lowest BCUT2D eigenvalue weighted by molar-refractivity contribution is -0.324. The van der Waals surface area contributed by atoms with Crippen molar-refractivity contribution < 1.29 is 31.1 Å². The van der Waals surface area contributed by atoms with Gasteiger partial charge in [-0.15, -0.1) is 10.2 Å². The number of rotatable bonds is 4. The lowest BCUT2D eigenvalue weighted by Gasteiger charge is -2.22. The normalized spacial score (nSPS) is 13.1. The van der Waals surface area contributed by atoms with E-state index in [1.807, 2.05) is 0 Å². The first kappa shape index (κ1) is 15.0. The van der Waals surface area contributed by atoms with Gasteiger partial charge in [-0.2, -0.15) is 26.3 Å². The van der Waals surface area contributed by atoms with Crippen LogP contribution in [-0.2, 0) is 11.3 Å². The zero-order valence-corrected chi connectivity index (χ0v) is 9.58. The maximum atomic E-state index is 12.1. The molecule has 0 saturated carbocycles. The van der Waals surface area contributed by atoms with Crippen molar-refractivity contribution >= 4 is 16.5 Å². The van der Waals surface area contributed by atoms with Crippen LogP contribution in [0.5, 0.6) is 0 Å². The van der Waals surface area contributed by atoms with Crippen LogP contribution in [-0.4, -0.2) is 35.7 Å². The molecule has 11 heteroatoms. The third-order valence-corrected chi connectivity index (χ3v) is 2.56. The van der Waals surface area contributed by atoms with Crippen molar-refractivity contribution in [2.75, 3.05) is 12.4 Å². The molecule has 0 radical (unpaired) electrons. The molecule has 0 amide bonds. The highest BCUT2D eigenvalue weighted by molar-refractivity contribution is 7.15. The average Bonchev–Trinajstić information content (AvgIpc) is 2.61. The lowest BCUT2D eigenvalue weighted by atomic mass is 10.3. The first-order chi connectivity index (χ1) is 8.14. The molecule has 0 atom stereocenters. The quantitative estimate of drug-likeness (QED) is 0.867. The molecule has 18 heavy (non-hydrogen) atoms. The van der Waals surface area contributed by atoms with Crippen LogP contribution in [0.15, 0.2) is 0 Å². The van der Waals surface area contributed by atoms with Crippen LogP contribution in [0.1, 0.15) is 5.01 Å². The Bertz CT molecular complexity index is 375. The molecule has 0 bridgehead atoms. The van der Waals surface area contributed by atoms with Gasteiger partial charge in [0.15, 0.2) is 0 Å². The highest BCUT2D eigenvalue weighted by atomic mass is 32.1. The first-order valence-corrected chi connectivity index (χ1v) is 5.21. The summed E-state index contributed by atoms with van der Waals surface area (Å²) in [6, 6.07) is 0. The molecule has 1 heterocycles. The summed E-state index contributed by atoms with van der Waals surface area (Å²) in [5, 5.41) is 9.54.